The van der Waals surface area contributed by atoms with E-state index in [0.29, 0.717) is 18.0 Å². The van der Waals surface area contributed by atoms with E-state index in [2.05, 4.69) is 10.6 Å². The first kappa shape index (κ1) is 25.8. The molecule has 0 saturated heterocycles. The lowest BCUT2D eigenvalue weighted by molar-refractivity contribution is -0.136. The second kappa shape index (κ2) is 12.0. The molecule has 0 radical (unpaired) electrons. The van der Waals surface area contributed by atoms with Crippen molar-refractivity contribution < 1.29 is 23.3 Å². The second-order valence-electron chi connectivity index (χ2n) is 8.99. The van der Waals surface area contributed by atoms with E-state index in [-0.39, 0.29) is 35.9 Å². The number of hydrogen-bond donors (Lipinski definition) is 2. The third-order valence-electron chi connectivity index (χ3n) is 4.94. The first-order chi connectivity index (χ1) is 15.1. The quantitative estimate of drug-likeness (QED) is 0.552. The molecule has 1 fully saturated rings. The van der Waals surface area contributed by atoms with Crippen LogP contribution in [-0.2, 0) is 25.2 Å². The molecular formula is C23H35N3O5S. The smallest absolute Gasteiger partial charge is 0.240 e. The largest absolute Gasteiger partial charge is 0.494 e. The number of anilines is 1. The molecule has 32 heavy (non-hydrogen) atoms. The van der Waals surface area contributed by atoms with Crippen molar-refractivity contribution in [2.24, 2.45) is 0 Å². The standard InChI is InChI=1S/C23H35N3O5S/c1-5-31-19-12-10-17(11-13-19)24-21(28)15-32(30)16-22(29)26(18-8-6-7-9-18)14-20(27)25-23(2,3)4/h10-13,18H,5-9,14-16H2,1-4H3,(H,24,28)(H,25,27)/t32-/m1/s1. The van der Waals surface area contributed by atoms with Gasteiger partial charge < -0.3 is 20.3 Å². The Morgan fingerprint density at radius 2 is 1.69 bits per heavy atom. The molecule has 1 aliphatic carbocycles. The van der Waals surface area contributed by atoms with Crippen LogP contribution in [-0.4, -0.2) is 63.1 Å². The van der Waals surface area contributed by atoms with Crippen molar-refractivity contribution in [2.45, 2.75) is 65.0 Å². The summed E-state index contributed by atoms with van der Waals surface area (Å²) in [7, 11) is -1.68. The van der Waals surface area contributed by atoms with Crippen LogP contribution < -0.4 is 15.4 Å². The van der Waals surface area contributed by atoms with Crippen LogP contribution >= 0.6 is 0 Å². The van der Waals surface area contributed by atoms with Gasteiger partial charge in [-0.2, -0.15) is 0 Å². The normalized spacial score (nSPS) is 15.1. The molecule has 0 heterocycles. The number of rotatable bonds is 10. The molecule has 1 saturated carbocycles. The highest BCUT2D eigenvalue weighted by atomic mass is 32.2. The van der Waals surface area contributed by atoms with Gasteiger partial charge in [-0.3, -0.25) is 18.6 Å². The molecule has 0 spiro atoms. The Morgan fingerprint density at radius 3 is 2.25 bits per heavy atom. The molecule has 0 unspecified atom stereocenters. The van der Waals surface area contributed by atoms with Gasteiger partial charge in [-0.1, -0.05) is 12.8 Å². The Kier molecular flexibility index (Phi) is 9.68. The van der Waals surface area contributed by atoms with Crippen molar-refractivity contribution in [1.82, 2.24) is 10.2 Å². The van der Waals surface area contributed by atoms with Gasteiger partial charge in [0.2, 0.25) is 17.7 Å². The lowest BCUT2D eigenvalue weighted by atomic mass is 10.1. The molecule has 1 aromatic rings. The van der Waals surface area contributed by atoms with Crippen molar-refractivity contribution >= 4 is 34.2 Å². The van der Waals surface area contributed by atoms with Gasteiger partial charge in [-0.05, 0) is 64.8 Å². The molecule has 9 heteroatoms. The topological polar surface area (TPSA) is 105 Å². The monoisotopic (exact) mass is 465 g/mol. The highest BCUT2D eigenvalue weighted by Gasteiger charge is 2.30. The minimum atomic E-state index is -1.68. The van der Waals surface area contributed by atoms with E-state index in [4.69, 9.17) is 4.74 Å². The number of nitrogens with zero attached hydrogens (tertiary/aromatic N) is 1. The zero-order valence-electron chi connectivity index (χ0n) is 19.4. The summed E-state index contributed by atoms with van der Waals surface area (Å²) in [6.07, 6.45) is 3.67. The van der Waals surface area contributed by atoms with Gasteiger partial charge in [0.25, 0.3) is 0 Å². The Labute approximate surface area is 192 Å². The molecule has 2 rings (SSSR count). The van der Waals surface area contributed by atoms with Crippen LogP contribution in [0.2, 0.25) is 0 Å². The maximum absolute atomic E-state index is 12.9. The number of carbonyl (C=O) groups is 3. The van der Waals surface area contributed by atoms with E-state index >= 15 is 0 Å². The predicted molar refractivity (Wildman–Crippen MR) is 126 cm³/mol. The molecule has 1 atom stereocenters. The first-order valence-corrected chi connectivity index (χ1v) is 12.5. The van der Waals surface area contributed by atoms with Crippen molar-refractivity contribution in [3.63, 3.8) is 0 Å². The lowest BCUT2D eigenvalue weighted by Gasteiger charge is -2.30. The minimum Gasteiger partial charge on any atom is -0.494 e. The minimum absolute atomic E-state index is 0.0251. The van der Waals surface area contributed by atoms with Crippen molar-refractivity contribution in [1.29, 1.82) is 0 Å². The van der Waals surface area contributed by atoms with Gasteiger partial charge in [0.1, 0.15) is 17.3 Å². The molecule has 8 nitrogen and oxygen atoms in total. The fourth-order valence-corrected chi connectivity index (χ4v) is 4.57. The maximum atomic E-state index is 12.9. The summed E-state index contributed by atoms with van der Waals surface area (Å²) in [5, 5.41) is 5.55. The Morgan fingerprint density at radius 1 is 1.06 bits per heavy atom. The molecule has 178 valence electrons. The number of carbonyl (C=O) groups excluding carboxylic acids is 3. The van der Waals surface area contributed by atoms with Crippen molar-refractivity contribution in [3.05, 3.63) is 24.3 Å². The number of benzene rings is 1. The molecular weight excluding hydrogens is 430 g/mol. The van der Waals surface area contributed by atoms with E-state index in [0.717, 1.165) is 25.7 Å². The van der Waals surface area contributed by atoms with E-state index in [1.165, 1.54) is 4.90 Å². The molecule has 2 N–H and O–H groups in total. The van der Waals surface area contributed by atoms with E-state index in [1.54, 1.807) is 24.3 Å². The average molecular weight is 466 g/mol. The van der Waals surface area contributed by atoms with Crippen LogP contribution in [0.3, 0.4) is 0 Å². The Bertz CT molecular complexity index is 814. The summed E-state index contributed by atoms with van der Waals surface area (Å²) in [5.41, 5.74) is 0.164. The highest BCUT2D eigenvalue weighted by Crippen LogP contribution is 2.24. The van der Waals surface area contributed by atoms with Crippen LogP contribution in [0.1, 0.15) is 53.4 Å². The van der Waals surface area contributed by atoms with Crippen molar-refractivity contribution in [3.8, 4) is 5.75 Å². The van der Waals surface area contributed by atoms with Gasteiger partial charge in [0.05, 0.1) is 13.2 Å². The van der Waals surface area contributed by atoms with E-state index in [9.17, 15) is 18.6 Å². The van der Waals surface area contributed by atoms with E-state index in [1.807, 2.05) is 27.7 Å². The van der Waals surface area contributed by atoms with Gasteiger partial charge in [-0.25, -0.2) is 0 Å². The summed E-state index contributed by atoms with van der Waals surface area (Å²) >= 11 is 0. The van der Waals surface area contributed by atoms with Crippen LogP contribution in [0, 0.1) is 0 Å². The summed E-state index contributed by atoms with van der Waals surface area (Å²) in [6.45, 7) is 8.02. The lowest BCUT2D eigenvalue weighted by Crippen LogP contribution is -2.50. The third kappa shape index (κ3) is 8.98. The summed E-state index contributed by atoms with van der Waals surface area (Å²) in [5.74, 6) is -0.896. The zero-order valence-corrected chi connectivity index (χ0v) is 20.3. The zero-order chi connectivity index (χ0) is 23.7. The Hall–Kier alpha value is -2.42. The molecule has 0 aliphatic heterocycles. The molecule has 1 aromatic carbocycles. The van der Waals surface area contributed by atoms with Gasteiger partial charge in [0.15, 0.2) is 0 Å². The summed E-state index contributed by atoms with van der Waals surface area (Å²) in [6, 6.07) is 6.85. The fourth-order valence-electron chi connectivity index (χ4n) is 3.67. The number of ether oxygens (including phenoxy) is 1. The molecule has 1 aliphatic rings. The van der Waals surface area contributed by atoms with Gasteiger partial charge in [0, 0.05) is 28.1 Å². The SMILES string of the molecule is CCOc1ccc(NC(=O)C[S@@](=O)CC(=O)N(CC(=O)NC(C)(C)C)C2CCCC2)cc1. The van der Waals surface area contributed by atoms with Crippen LogP contribution in [0.4, 0.5) is 5.69 Å². The fraction of sp³-hybridized carbons (Fsp3) is 0.609. The molecule has 0 bridgehead atoms. The van der Waals surface area contributed by atoms with Gasteiger partial charge in [-0.15, -0.1) is 0 Å². The Balaban J connectivity index is 1.90. The van der Waals surface area contributed by atoms with Crippen LogP contribution in [0.15, 0.2) is 24.3 Å². The number of nitrogens with one attached hydrogen (secondary N) is 2. The average Bonchev–Trinajstić information content (AvgIpc) is 3.20. The first-order valence-electron chi connectivity index (χ1n) is 11.1. The van der Waals surface area contributed by atoms with E-state index < -0.39 is 22.2 Å². The highest BCUT2D eigenvalue weighted by molar-refractivity contribution is 7.86. The summed E-state index contributed by atoms with van der Waals surface area (Å²) < 4.78 is 17.9. The number of hydrogen-bond acceptors (Lipinski definition) is 5. The third-order valence-corrected chi connectivity index (χ3v) is 6.09. The van der Waals surface area contributed by atoms with Crippen molar-refractivity contribution in [2.75, 3.05) is 30.0 Å². The molecule has 0 aromatic heterocycles. The second-order valence-corrected chi connectivity index (χ2v) is 10.4. The predicted octanol–water partition coefficient (Wildman–Crippen LogP) is 2.46. The van der Waals surface area contributed by atoms with Crippen LogP contribution in [0.5, 0.6) is 5.75 Å². The summed E-state index contributed by atoms with van der Waals surface area (Å²) in [4.78, 5) is 39.1. The maximum Gasteiger partial charge on any atom is 0.240 e. The van der Waals surface area contributed by atoms with Gasteiger partial charge >= 0.3 is 0 Å². The number of amides is 3. The molecule has 3 amide bonds. The van der Waals surface area contributed by atoms with Crippen LogP contribution in [0.25, 0.3) is 0 Å².